The van der Waals surface area contributed by atoms with E-state index < -0.39 is 0 Å². The van der Waals surface area contributed by atoms with Crippen LogP contribution in [-0.2, 0) is 4.74 Å². The Bertz CT molecular complexity index is 439. The van der Waals surface area contributed by atoms with Gasteiger partial charge in [0.25, 0.3) is 0 Å². The third kappa shape index (κ3) is 3.35. The maximum absolute atomic E-state index is 5.87. The molecule has 1 aromatic carbocycles. The zero-order valence-electron chi connectivity index (χ0n) is 12.6. The number of hydrogen-bond acceptors (Lipinski definition) is 5. The minimum atomic E-state index is 0.516. The molecule has 1 heterocycles. The number of ether oxygens (including phenoxy) is 2. The van der Waals surface area contributed by atoms with Gasteiger partial charge in [0, 0.05) is 51.1 Å². The molecule has 20 heavy (non-hydrogen) atoms. The summed E-state index contributed by atoms with van der Waals surface area (Å²) in [4.78, 5) is 4.85. The van der Waals surface area contributed by atoms with Crippen LogP contribution in [0.15, 0.2) is 18.2 Å². The summed E-state index contributed by atoms with van der Waals surface area (Å²) in [5.74, 6) is 0.747. The monoisotopic (exact) mass is 279 g/mol. The maximum atomic E-state index is 5.87. The Morgan fingerprint density at radius 3 is 2.75 bits per heavy atom. The summed E-state index contributed by atoms with van der Waals surface area (Å²) in [5, 5.41) is 0. The second-order valence-electron chi connectivity index (χ2n) is 5.25. The first-order valence-electron chi connectivity index (χ1n) is 7.07. The van der Waals surface area contributed by atoms with Crippen molar-refractivity contribution in [1.82, 2.24) is 4.90 Å². The van der Waals surface area contributed by atoms with Gasteiger partial charge in [-0.1, -0.05) is 0 Å². The molecule has 5 heteroatoms. The predicted octanol–water partition coefficient (Wildman–Crippen LogP) is 1.43. The Morgan fingerprint density at radius 2 is 2.10 bits per heavy atom. The number of piperazine rings is 1. The fraction of sp³-hybridized carbons (Fsp3) is 0.600. The molecule has 0 aliphatic carbocycles. The minimum Gasteiger partial charge on any atom is -0.495 e. The third-order valence-electron chi connectivity index (χ3n) is 3.93. The van der Waals surface area contributed by atoms with Gasteiger partial charge in [-0.2, -0.15) is 0 Å². The molecule has 2 rings (SSSR count). The van der Waals surface area contributed by atoms with E-state index >= 15 is 0 Å². The zero-order valence-corrected chi connectivity index (χ0v) is 12.6. The van der Waals surface area contributed by atoms with Crippen LogP contribution >= 0.6 is 0 Å². The first-order valence-corrected chi connectivity index (χ1v) is 7.07. The summed E-state index contributed by atoms with van der Waals surface area (Å²) >= 11 is 0. The lowest BCUT2D eigenvalue weighted by Gasteiger charge is -2.41. The van der Waals surface area contributed by atoms with Crippen molar-refractivity contribution in [2.75, 3.05) is 57.6 Å². The average Bonchev–Trinajstić information content (AvgIpc) is 2.46. The summed E-state index contributed by atoms with van der Waals surface area (Å²) in [6, 6.07) is 6.51. The highest BCUT2D eigenvalue weighted by atomic mass is 16.5. The molecule has 1 saturated heterocycles. The molecule has 2 N–H and O–H groups in total. The Balaban J connectivity index is 2.01. The normalized spacial score (nSPS) is 20.1. The van der Waals surface area contributed by atoms with Crippen molar-refractivity contribution >= 4 is 11.4 Å². The quantitative estimate of drug-likeness (QED) is 0.827. The zero-order chi connectivity index (χ0) is 14.5. The van der Waals surface area contributed by atoms with Gasteiger partial charge in [0.05, 0.1) is 19.4 Å². The summed E-state index contributed by atoms with van der Waals surface area (Å²) in [5.41, 5.74) is 7.73. The molecule has 0 unspecified atom stereocenters. The van der Waals surface area contributed by atoms with Crippen molar-refractivity contribution < 1.29 is 9.47 Å². The van der Waals surface area contributed by atoms with Crippen molar-refractivity contribution in [2.45, 2.75) is 13.0 Å². The van der Waals surface area contributed by atoms with Gasteiger partial charge >= 0.3 is 0 Å². The molecule has 1 aliphatic heterocycles. The number of anilines is 2. The molecule has 0 radical (unpaired) electrons. The van der Waals surface area contributed by atoms with E-state index in [1.165, 1.54) is 5.69 Å². The molecule has 0 saturated carbocycles. The van der Waals surface area contributed by atoms with E-state index in [-0.39, 0.29) is 0 Å². The lowest BCUT2D eigenvalue weighted by molar-refractivity contribution is 0.117. The molecule has 1 aromatic rings. The van der Waals surface area contributed by atoms with E-state index in [0.29, 0.717) is 11.7 Å². The van der Waals surface area contributed by atoms with Crippen molar-refractivity contribution in [3.8, 4) is 5.75 Å². The lowest BCUT2D eigenvalue weighted by atomic mass is 10.1. The second kappa shape index (κ2) is 6.81. The average molecular weight is 279 g/mol. The largest absolute Gasteiger partial charge is 0.495 e. The van der Waals surface area contributed by atoms with Gasteiger partial charge in [0.2, 0.25) is 0 Å². The van der Waals surface area contributed by atoms with E-state index in [1.54, 1.807) is 14.2 Å². The topological polar surface area (TPSA) is 51.0 Å². The number of nitrogens with zero attached hydrogens (tertiary/aromatic N) is 2. The SMILES string of the molecule is COCCN1CCN(c2ccc(N)c(OC)c2)C[C@H]1C. The van der Waals surface area contributed by atoms with Crippen LogP contribution in [0.3, 0.4) is 0 Å². The Hall–Kier alpha value is -1.46. The number of hydrogen-bond donors (Lipinski definition) is 1. The molecule has 5 nitrogen and oxygen atoms in total. The number of benzene rings is 1. The van der Waals surface area contributed by atoms with Crippen molar-refractivity contribution in [2.24, 2.45) is 0 Å². The van der Waals surface area contributed by atoms with Crippen molar-refractivity contribution in [1.29, 1.82) is 0 Å². The van der Waals surface area contributed by atoms with Crippen LogP contribution in [0.25, 0.3) is 0 Å². The molecule has 0 amide bonds. The summed E-state index contributed by atoms with van der Waals surface area (Å²) < 4.78 is 10.5. The highest BCUT2D eigenvalue weighted by Gasteiger charge is 2.23. The van der Waals surface area contributed by atoms with Gasteiger partial charge in [-0.15, -0.1) is 0 Å². The Labute approximate surface area is 121 Å². The van der Waals surface area contributed by atoms with Crippen LogP contribution < -0.4 is 15.4 Å². The number of nitrogen functional groups attached to an aromatic ring is 1. The van der Waals surface area contributed by atoms with Crippen LogP contribution in [0.1, 0.15) is 6.92 Å². The standard InChI is InChI=1S/C15H25N3O2/c1-12-11-18(7-6-17(12)8-9-19-2)13-4-5-14(16)15(10-13)20-3/h4-5,10,12H,6-9,11,16H2,1-3H3/t12-/m1/s1. The van der Waals surface area contributed by atoms with Gasteiger partial charge in [0.1, 0.15) is 5.75 Å². The highest BCUT2D eigenvalue weighted by Crippen LogP contribution is 2.28. The number of nitrogens with two attached hydrogens (primary N) is 1. The smallest absolute Gasteiger partial charge is 0.143 e. The fourth-order valence-electron chi connectivity index (χ4n) is 2.67. The van der Waals surface area contributed by atoms with Crippen molar-refractivity contribution in [3.05, 3.63) is 18.2 Å². The molecule has 0 spiro atoms. The van der Waals surface area contributed by atoms with Gasteiger partial charge in [0.15, 0.2) is 0 Å². The first-order chi connectivity index (χ1) is 9.65. The Morgan fingerprint density at radius 1 is 1.30 bits per heavy atom. The van der Waals surface area contributed by atoms with Gasteiger partial charge in [-0.05, 0) is 19.1 Å². The van der Waals surface area contributed by atoms with E-state index in [2.05, 4.69) is 22.8 Å². The lowest BCUT2D eigenvalue weighted by Crippen LogP contribution is -2.52. The molecular formula is C15H25N3O2. The van der Waals surface area contributed by atoms with Crippen LogP contribution in [0.2, 0.25) is 0 Å². The predicted molar refractivity (Wildman–Crippen MR) is 82.5 cm³/mol. The van der Waals surface area contributed by atoms with E-state index in [0.717, 1.165) is 38.5 Å². The number of rotatable bonds is 5. The van der Waals surface area contributed by atoms with E-state index in [9.17, 15) is 0 Å². The summed E-state index contributed by atoms with van der Waals surface area (Å²) in [7, 11) is 3.41. The molecule has 1 aliphatic rings. The van der Waals surface area contributed by atoms with Crippen LogP contribution in [0.5, 0.6) is 5.75 Å². The maximum Gasteiger partial charge on any atom is 0.143 e. The highest BCUT2D eigenvalue weighted by molar-refractivity contribution is 5.62. The first kappa shape index (κ1) is 14.9. The van der Waals surface area contributed by atoms with Gasteiger partial charge < -0.3 is 20.1 Å². The molecule has 0 aromatic heterocycles. The molecule has 0 bridgehead atoms. The Kier molecular flexibility index (Phi) is 5.09. The van der Waals surface area contributed by atoms with E-state index in [1.807, 2.05) is 12.1 Å². The fourth-order valence-corrected chi connectivity index (χ4v) is 2.67. The van der Waals surface area contributed by atoms with Crippen LogP contribution in [-0.4, -0.2) is 57.9 Å². The summed E-state index contributed by atoms with van der Waals surface area (Å²) in [6.07, 6.45) is 0. The molecule has 112 valence electrons. The third-order valence-corrected chi connectivity index (χ3v) is 3.93. The second-order valence-corrected chi connectivity index (χ2v) is 5.25. The van der Waals surface area contributed by atoms with Crippen LogP contribution in [0.4, 0.5) is 11.4 Å². The van der Waals surface area contributed by atoms with E-state index in [4.69, 9.17) is 15.2 Å². The van der Waals surface area contributed by atoms with Gasteiger partial charge in [-0.25, -0.2) is 0 Å². The molecular weight excluding hydrogens is 254 g/mol. The minimum absolute atomic E-state index is 0.516. The molecule has 1 atom stereocenters. The van der Waals surface area contributed by atoms with Gasteiger partial charge in [-0.3, -0.25) is 4.90 Å². The number of methoxy groups -OCH3 is 2. The van der Waals surface area contributed by atoms with Crippen LogP contribution in [0, 0.1) is 0 Å². The van der Waals surface area contributed by atoms with Crippen molar-refractivity contribution in [3.63, 3.8) is 0 Å². The molecule has 1 fully saturated rings. The summed E-state index contributed by atoms with van der Waals surface area (Å²) in [6.45, 7) is 7.13.